The highest BCUT2D eigenvalue weighted by Gasteiger charge is 2.23. The van der Waals surface area contributed by atoms with Crippen LogP contribution in [0.4, 0.5) is 5.69 Å². The molecule has 0 aliphatic carbocycles. The Balaban J connectivity index is 2.00. The van der Waals surface area contributed by atoms with Gasteiger partial charge in [-0.05, 0) is 36.4 Å². The van der Waals surface area contributed by atoms with Crippen LogP contribution in [0.5, 0.6) is 0 Å². The van der Waals surface area contributed by atoms with Gasteiger partial charge in [0.1, 0.15) is 0 Å². The average molecular weight is 408 g/mol. The largest absolute Gasteiger partial charge is 0.349 e. The summed E-state index contributed by atoms with van der Waals surface area (Å²) in [5, 5.41) is 11.0. The predicted octanol–water partition coefficient (Wildman–Crippen LogP) is 2.14. The molecule has 3 rings (SSSR count). The number of imidazole rings is 1. The van der Waals surface area contributed by atoms with E-state index >= 15 is 0 Å². The van der Waals surface area contributed by atoms with Crippen molar-refractivity contribution in [1.29, 1.82) is 0 Å². The highest BCUT2D eigenvalue weighted by Crippen LogP contribution is 2.16. The van der Waals surface area contributed by atoms with Gasteiger partial charge >= 0.3 is 5.69 Å². The summed E-state index contributed by atoms with van der Waals surface area (Å²) in [6.45, 7) is 0. The lowest BCUT2D eigenvalue weighted by atomic mass is 10.2. The maximum absolute atomic E-state index is 12.6. The van der Waals surface area contributed by atoms with E-state index in [1.807, 2.05) is 0 Å². The quantitative estimate of drug-likeness (QED) is 0.482. The molecule has 0 radical (unpaired) electrons. The SMILES string of the molecule is O=C(c1ccc([N+](=O)[O-])cc1)n1ccn(S(=O)(=O)c2ccc(Cl)cc2)c1=O. The highest BCUT2D eigenvalue weighted by atomic mass is 35.5. The van der Waals surface area contributed by atoms with Gasteiger partial charge in [-0.15, -0.1) is 0 Å². The third-order valence-electron chi connectivity index (χ3n) is 3.66. The molecule has 11 heteroatoms. The van der Waals surface area contributed by atoms with E-state index in [0.29, 0.717) is 13.6 Å². The number of rotatable bonds is 4. The molecule has 2 aromatic carbocycles. The monoisotopic (exact) mass is 407 g/mol. The van der Waals surface area contributed by atoms with Gasteiger partial charge in [-0.3, -0.25) is 14.9 Å². The molecule has 0 aliphatic heterocycles. The Kier molecular flexibility index (Phi) is 4.68. The number of nitro benzene ring substituents is 1. The number of non-ortho nitro benzene ring substituents is 1. The Bertz CT molecular complexity index is 1190. The van der Waals surface area contributed by atoms with Crippen molar-refractivity contribution in [3.63, 3.8) is 0 Å². The van der Waals surface area contributed by atoms with Crippen molar-refractivity contribution in [1.82, 2.24) is 8.54 Å². The van der Waals surface area contributed by atoms with Gasteiger partial charge in [0.15, 0.2) is 0 Å². The Labute approximate surface area is 157 Å². The number of benzene rings is 2. The first kappa shape index (κ1) is 18.5. The van der Waals surface area contributed by atoms with Gasteiger partial charge in [-0.1, -0.05) is 11.6 Å². The van der Waals surface area contributed by atoms with Crippen LogP contribution >= 0.6 is 11.6 Å². The molecule has 27 heavy (non-hydrogen) atoms. The van der Waals surface area contributed by atoms with Crippen molar-refractivity contribution in [2.24, 2.45) is 0 Å². The Morgan fingerprint density at radius 2 is 1.59 bits per heavy atom. The fraction of sp³-hybridized carbons (Fsp3) is 0. The minimum Gasteiger partial charge on any atom is -0.268 e. The van der Waals surface area contributed by atoms with Crippen LogP contribution in [-0.4, -0.2) is 27.8 Å². The molecule has 0 amide bonds. The number of hydrogen-bond acceptors (Lipinski definition) is 6. The van der Waals surface area contributed by atoms with Crippen molar-refractivity contribution in [3.8, 4) is 0 Å². The number of aromatic nitrogens is 2. The maximum Gasteiger partial charge on any atom is 0.349 e. The van der Waals surface area contributed by atoms with Crippen LogP contribution in [0, 0.1) is 10.1 Å². The summed E-state index contributed by atoms with van der Waals surface area (Å²) in [7, 11) is -4.22. The molecule has 138 valence electrons. The van der Waals surface area contributed by atoms with Crippen LogP contribution in [0.3, 0.4) is 0 Å². The summed E-state index contributed by atoms with van der Waals surface area (Å²) in [4.78, 5) is 34.7. The molecule has 1 aromatic heterocycles. The Morgan fingerprint density at radius 1 is 1.00 bits per heavy atom. The van der Waals surface area contributed by atoms with E-state index in [2.05, 4.69) is 0 Å². The molecular formula is C16H10ClN3O6S. The second-order valence-electron chi connectivity index (χ2n) is 5.31. The summed E-state index contributed by atoms with van der Waals surface area (Å²) in [5.41, 5.74) is -1.32. The molecule has 9 nitrogen and oxygen atoms in total. The van der Waals surface area contributed by atoms with E-state index in [9.17, 15) is 28.1 Å². The molecular weight excluding hydrogens is 398 g/mol. The molecule has 1 heterocycles. The first-order valence-corrected chi connectivity index (χ1v) is 9.14. The number of hydrogen-bond donors (Lipinski definition) is 0. The molecule has 0 saturated heterocycles. The van der Waals surface area contributed by atoms with Crippen LogP contribution in [-0.2, 0) is 10.0 Å². The lowest BCUT2D eigenvalue weighted by Gasteiger charge is -2.04. The van der Waals surface area contributed by atoms with Gasteiger partial charge < -0.3 is 0 Å². The van der Waals surface area contributed by atoms with Crippen LogP contribution < -0.4 is 5.69 Å². The van der Waals surface area contributed by atoms with Crippen LogP contribution in [0.25, 0.3) is 0 Å². The van der Waals surface area contributed by atoms with Gasteiger partial charge in [0.05, 0.1) is 9.82 Å². The number of carbonyl (C=O) groups excluding carboxylic acids is 1. The van der Waals surface area contributed by atoms with Crippen molar-refractivity contribution >= 4 is 33.2 Å². The third kappa shape index (κ3) is 3.39. The summed E-state index contributed by atoms with van der Waals surface area (Å²) in [5.74, 6) is -0.819. The smallest absolute Gasteiger partial charge is 0.268 e. The van der Waals surface area contributed by atoms with Gasteiger partial charge in [-0.25, -0.2) is 17.8 Å². The molecule has 0 fully saturated rings. The topological polar surface area (TPSA) is 121 Å². The fourth-order valence-electron chi connectivity index (χ4n) is 2.28. The summed E-state index contributed by atoms with van der Waals surface area (Å²) >= 11 is 5.73. The first-order chi connectivity index (χ1) is 12.7. The van der Waals surface area contributed by atoms with E-state index < -0.39 is 26.5 Å². The number of nitrogens with zero attached hydrogens (tertiary/aromatic N) is 3. The Hall–Kier alpha value is -3.24. The Morgan fingerprint density at radius 3 is 2.15 bits per heavy atom. The molecule has 0 unspecified atom stereocenters. The summed E-state index contributed by atoms with van der Waals surface area (Å²) in [6, 6.07) is 9.77. The van der Waals surface area contributed by atoms with Crippen molar-refractivity contribution < 1.29 is 18.1 Å². The zero-order chi connectivity index (χ0) is 19.8. The second-order valence-corrected chi connectivity index (χ2v) is 7.57. The van der Waals surface area contributed by atoms with Crippen molar-refractivity contribution in [3.05, 3.63) is 92.1 Å². The van der Waals surface area contributed by atoms with E-state index in [1.165, 1.54) is 36.4 Å². The molecule has 3 aromatic rings. The fourth-order valence-corrected chi connectivity index (χ4v) is 3.62. The molecule has 0 aliphatic rings. The van der Waals surface area contributed by atoms with Gasteiger partial charge in [0.25, 0.3) is 21.6 Å². The first-order valence-electron chi connectivity index (χ1n) is 7.32. The van der Waals surface area contributed by atoms with Crippen LogP contribution in [0.2, 0.25) is 5.02 Å². The van der Waals surface area contributed by atoms with Gasteiger partial charge in [0, 0.05) is 35.1 Å². The number of nitro groups is 1. The standard InChI is InChI=1S/C16H10ClN3O6S/c17-12-3-7-14(8-4-12)27(25,26)19-10-9-18(16(19)22)15(21)11-1-5-13(6-2-11)20(23)24/h1-10H. The lowest BCUT2D eigenvalue weighted by molar-refractivity contribution is -0.384. The molecule has 0 atom stereocenters. The maximum atomic E-state index is 12.6. The second kappa shape index (κ2) is 6.82. The van der Waals surface area contributed by atoms with Crippen LogP contribution in [0.1, 0.15) is 10.4 Å². The molecule has 0 bridgehead atoms. The van der Waals surface area contributed by atoms with E-state index in [0.717, 1.165) is 24.5 Å². The highest BCUT2D eigenvalue weighted by molar-refractivity contribution is 7.90. The van der Waals surface area contributed by atoms with Crippen molar-refractivity contribution in [2.45, 2.75) is 4.90 Å². The molecule has 0 spiro atoms. The zero-order valence-corrected chi connectivity index (χ0v) is 14.9. The minimum atomic E-state index is -4.22. The van der Waals surface area contributed by atoms with E-state index in [4.69, 9.17) is 11.6 Å². The number of carbonyl (C=O) groups is 1. The summed E-state index contributed by atoms with van der Waals surface area (Å²) in [6.07, 6.45) is 1.97. The number of halogens is 1. The normalized spacial score (nSPS) is 11.3. The lowest BCUT2D eigenvalue weighted by Crippen LogP contribution is -2.32. The predicted molar refractivity (Wildman–Crippen MR) is 95.6 cm³/mol. The van der Waals surface area contributed by atoms with E-state index in [1.54, 1.807) is 0 Å². The average Bonchev–Trinajstić information content (AvgIpc) is 3.03. The third-order valence-corrected chi connectivity index (χ3v) is 5.58. The van der Waals surface area contributed by atoms with E-state index in [-0.39, 0.29) is 16.1 Å². The van der Waals surface area contributed by atoms with Crippen molar-refractivity contribution in [2.75, 3.05) is 0 Å². The van der Waals surface area contributed by atoms with Gasteiger partial charge in [-0.2, -0.15) is 3.97 Å². The zero-order valence-electron chi connectivity index (χ0n) is 13.4. The summed E-state index contributed by atoms with van der Waals surface area (Å²) < 4.78 is 26.2. The minimum absolute atomic E-state index is 0.00987. The molecule has 0 N–H and O–H groups in total. The van der Waals surface area contributed by atoms with Gasteiger partial charge in [0.2, 0.25) is 0 Å². The molecule has 0 saturated carbocycles. The van der Waals surface area contributed by atoms with Crippen LogP contribution in [0.15, 0.2) is 70.6 Å².